The van der Waals surface area contributed by atoms with E-state index in [9.17, 15) is 4.79 Å². The van der Waals surface area contributed by atoms with Crippen LogP contribution in [-0.2, 0) is 0 Å². The molecule has 76 valence electrons. The minimum Gasteiger partial charge on any atom is -0.319 e. The van der Waals surface area contributed by atoms with Gasteiger partial charge in [0.1, 0.15) is 0 Å². The quantitative estimate of drug-likeness (QED) is 0.741. The lowest BCUT2D eigenvalue weighted by Crippen LogP contribution is -2.44. The molecule has 1 unspecified atom stereocenters. The van der Waals surface area contributed by atoms with Crippen molar-refractivity contribution < 1.29 is 4.79 Å². The molecule has 2 N–H and O–H groups in total. The Kier molecular flexibility index (Phi) is 3.01. The summed E-state index contributed by atoms with van der Waals surface area (Å²) in [5.41, 5.74) is 6.65. The molecule has 0 spiro atoms. The second-order valence-corrected chi connectivity index (χ2v) is 3.79. The predicted octanol–water partition coefficient (Wildman–Crippen LogP) is 1.70. The molecular weight excluding hydrogens is 176 g/mol. The monoisotopic (exact) mass is 192 g/mol. The minimum atomic E-state index is -0.784. The Labute approximate surface area is 84.3 Å². The fourth-order valence-corrected chi connectivity index (χ4v) is 1.17. The lowest BCUT2D eigenvalue weighted by Gasteiger charge is -2.21. The molecule has 14 heavy (non-hydrogen) atoms. The highest BCUT2D eigenvalue weighted by Crippen LogP contribution is 2.16. The number of carbonyl (C=O) groups excluding carboxylic acids is 1. The Morgan fingerprint density at radius 2 is 2.29 bits per heavy atom. The Morgan fingerprint density at radius 1 is 1.64 bits per heavy atom. The zero-order valence-electron chi connectivity index (χ0n) is 8.87. The third-order valence-corrected chi connectivity index (χ3v) is 2.54. The molecule has 1 heterocycles. The average Bonchev–Trinajstić information content (AvgIpc) is 2.17. The average molecular weight is 192 g/mol. The number of aromatic nitrogens is 1. The van der Waals surface area contributed by atoms with Gasteiger partial charge in [-0.15, -0.1) is 0 Å². The summed E-state index contributed by atoms with van der Waals surface area (Å²) < 4.78 is 0. The highest BCUT2D eigenvalue weighted by atomic mass is 16.1. The molecule has 3 heteroatoms. The number of nitrogens with zero attached hydrogens (tertiary/aromatic N) is 1. The van der Waals surface area contributed by atoms with Crippen molar-refractivity contribution in [3.8, 4) is 0 Å². The maximum absolute atomic E-state index is 12.0. The van der Waals surface area contributed by atoms with Crippen LogP contribution in [0.5, 0.6) is 0 Å². The van der Waals surface area contributed by atoms with Gasteiger partial charge < -0.3 is 5.73 Å². The van der Waals surface area contributed by atoms with Crippen molar-refractivity contribution in [2.24, 2.45) is 5.73 Å². The molecule has 0 amide bonds. The van der Waals surface area contributed by atoms with E-state index in [1.165, 1.54) is 0 Å². The van der Waals surface area contributed by atoms with Crippen molar-refractivity contribution >= 4 is 5.78 Å². The molecule has 0 aliphatic heterocycles. The molecule has 1 aromatic heterocycles. The molecule has 0 aliphatic carbocycles. The third-order valence-electron chi connectivity index (χ3n) is 2.54. The zero-order chi connectivity index (χ0) is 10.8. The maximum atomic E-state index is 12.0. The van der Waals surface area contributed by atoms with Gasteiger partial charge in [-0.25, -0.2) is 0 Å². The van der Waals surface area contributed by atoms with Gasteiger partial charge in [0.2, 0.25) is 0 Å². The maximum Gasteiger partial charge on any atom is 0.184 e. The first-order valence-corrected chi connectivity index (χ1v) is 4.73. The van der Waals surface area contributed by atoms with Gasteiger partial charge >= 0.3 is 0 Å². The van der Waals surface area contributed by atoms with Crippen molar-refractivity contribution in [1.82, 2.24) is 4.98 Å². The van der Waals surface area contributed by atoms with Gasteiger partial charge in [-0.3, -0.25) is 9.78 Å². The first-order chi connectivity index (χ1) is 6.49. The summed E-state index contributed by atoms with van der Waals surface area (Å²) in [6.07, 6.45) is 3.88. The summed E-state index contributed by atoms with van der Waals surface area (Å²) in [5, 5.41) is 0. The Morgan fingerprint density at radius 3 is 2.79 bits per heavy atom. The van der Waals surface area contributed by atoms with E-state index >= 15 is 0 Å². The summed E-state index contributed by atoms with van der Waals surface area (Å²) in [6.45, 7) is 5.55. The summed E-state index contributed by atoms with van der Waals surface area (Å²) in [4.78, 5) is 15.9. The van der Waals surface area contributed by atoms with Crippen LogP contribution in [0.3, 0.4) is 0 Å². The molecule has 0 aliphatic rings. The molecule has 0 fully saturated rings. The van der Waals surface area contributed by atoms with E-state index in [4.69, 9.17) is 5.73 Å². The van der Waals surface area contributed by atoms with E-state index in [1.54, 1.807) is 19.3 Å². The number of hydrogen-bond acceptors (Lipinski definition) is 3. The number of hydrogen-bond donors (Lipinski definition) is 1. The first kappa shape index (κ1) is 10.9. The Bertz CT molecular complexity index is 345. The fraction of sp³-hybridized carbons (Fsp3) is 0.455. The molecule has 0 aromatic carbocycles. The van der Waals surface area contributed by atoms with Crippen molar-refractivity contribution in [2.75, 3.05) is 0 Å². The van der Waals surface area contributed by atoms with Crippen LogP contribution in [0, 0.1) is 6.92 Å². The summed E-state index contributed by atoms with van der Waals surface area (Å²) in [5.74, 6) is -0.0365. The number of nitrogens with two attached hydrogens (primary N) is 1. The Hall–Kier alpha value is -1.22. The number of rotatable bonds is 3. The molecule has 0 bridgehead atoms. The topological polar surface area (TPSA) is 56.0 Å². The molecule has 3 nitrogen and oxygen atoms in total. The predicted molar refractivity (Wildman–Crippen MR) is 56.2 cm³/mol. The van der Waals surface area contributed by atoms with E-state index in [2.05, 4.69) is 4.98 Å². The number of ketones is 1. The van der Waals surface area contributed by atoms with Crippen molar-refractivity contribution in [1.29, 1.82) is 0 Å². The molecule has 0 saturated heterocycles. The molecular formula is C11H16N2O. The highest BCUT2D eigenvalue weighted by Gasteiger charge is 2.28. The van der Waals surface area contributed by atoms with Crippen LogP contribution >= 0.6 is 0 Å². The van der Waals surface area contributed by atoms with Crippen molar-refractivity contribution in [2.45, 2.75) is 32.7 Å². The summed E-state index contributed by atoms with van der Waals surface area (Å²) >= 11 is 0. The van der Waals surface area contributed by atoms with Crippen molar-refractivity contribution in [3.63, 3.8) is 0 Å². The zero-order valence-corrected chi connectivity index (χ0v) is 8.87. The molecule has 1 rings (SSSR count). The van der Waals surface area contributed by atoms with E-state index in [1.807, 2.05) is 19.9 Å². The van der Waals surface area contributed by atoms with Crippen molar-refractivity contribution in [3.05, 3.63) is 29.6 Å². The number of aryl methyl sites for hydroxylation is 1. The van der Waals surface area contributed by atoms with Crippen LogP contribution in [0.4, 0.5) is 0 Å². The van der Waals surface area contributed by atoms with E-state index in [-0.39, 0.29) is 5.78 Å². The molecule has 1 atom stereocenters. The van der Waals surface area contributed by atoms with Crippen LogP contribution in [-0.4, -0.2) is 16.3 Å². The van der Waals surface area contributed by atoms with E-state index in [0.29, 0.717) is 12.0 Å². The number of Topliss-reactive ketones (excluding diaryl/α,β-unsaturated/α-hetero) is 1. The van der Waals surface area contributed by atoms with Crippen LogP contribution < -0.4 is 5.73 Å². The molecule has 0 saturated carbocycles. The lowest BCUT2D eigenvalue weighted by atomic mass is 9.89. The minimum absolute atomic E-state index is 0.0365. The fourth-order valence-electron chi connectivity index (χ4n) is 1.17. The first-order valence-electron chi connectivity index (χ1n) is 4.73. The van der Waals surface area contributed by atoms with E-state index in [0.717, 1.165) is 5.56 Å². The van der Waals surface area contributed by atoms with Gasteiger partial charge in [0.25, 0.3) is 0 Å². The lowest BCUT2D eigenvalue weighted by molar-refractivity contribution is 0.0897. The van der Waals surface area contributed by atoms with Crippen LogP contribution in [0.25, 0.3) is 0 Å². The molecule has 1 aromatic rings. The van der Waals surface area contributed by atoms with Gasteiger partial charge in [-0.1, -0.05) is 6.92 Å². The smallest absolute Gasteiger partial charge is 0.184 e. The third kappa shape index (κ3) is 1.99. The van der Waals surface area contributed by atoms with Gasteiger partial charge in [0, 0.05) is 18.0 Å². The summed E-state index contributed by atoms with van der Waals surface area (Å²) in [6, 6.07) is 1.82. The molecule has 0 radical (unpaired) electrons. The van der Waals surface area contributed by atoms with Gasteiger partial charge in [-0.2, -0.15) is 0 Å². The SMILES string of the molecule is CCC(C)(N)C(=O)c1cnccc1C. The highest BCUT2D eigenvalue weighted by molar-refractivity contribution is 6.03. The number of pyridine rings is 1. The van der Waals surface area contributed by atoms with Crippen LogP contribution in [0.2, 0.25) is 0 Å². The second kappa shape index (κ2) is 3.88. The van der Waals surface area contributed by atoms with Gasteiger partial charge in [0.05, 0.1) is 5.54 Å². The van der Waals surface area contributed by atoms with Crippen LogP contribution in [0.15, 0.2) is 18.5 Å². The van der Waals surface area contributed by atoms with Gasteiger partial charge in [-0.05, 0) is 31.9 Å². The van der Waals surface area contributed by atoms with Crippen LogP contribution in [0.1, 0.15) is 36.2 Å². The van der Waals surface area contributed by atoms with E-state index < -0.39 is 5.54 Å². The second-order valence-electron chi connectivity index (χ2n) is 3.79. The Balaban J connectivity index is 3.07. The standard InChI is InChI=1S/C11H16N2O/c1-4-11(3,12)10(14)9-7-13-6-5-8(9)2/h5-7H,4,12H2,1-3H3. The summed E-state index contributed by atoms with van der Waals surface area (Å²) in [7, 11) is 0. The van der Waals surface area contributed by atoms with Gasteiger partial charge in [0.15, 0.2) is 5.78 Å². The number of carbonyl (C=O) groups is 1. The largest absolute Gasteiger partial charge is 0.319 e. The normalized spacial score (nSPS) is 14.9.